The van der Waals surface area contributed by atoms with Crippen molar-refractivity contribution in [3.05, 3.63) is 53.5 Å². The van der Waals surface area contributed by atoms with Crippen molar-refractivity contribution in [2.75, 3.05) is 5.75 Å². The van der Waals surface area contributed by atoms with E-state index in [-0.39, 0.29) is 17.5 Å². The Morgan fingerprint density at radius 2 is 2.10 bits per heavy atom. The fourth-order valence-electron chi connectivity index (χ4n) is 3.82. The molecular formula is C22H25FN4O2S. The number of rotatable bonds is 7. The van der Waals surface area contributed by atoms with Crippen LogP contribution in [0.15, 0.2) is 46.2 Å². The van der Waals surface area contributed by atoms with Crippen LogP contribution in [0.5, 0.6) is 0 Å². The summed E-state index contributed by atoms with van der Waals surface area (Å²) in [5, 5.41) is 12.3. The predicted octanol–water partition coefficient (Wildman–Crippen LogP) is 4.90. The lowest BCUT2D eigenvalue weighted by atomic mass is 9.95. The zero-order chi connectivity index (χ0) is 20.9. The van der Waals surface area contributed by atoms with Crippen molar-refractivity contribution in [3.63, 3.8) is 0 Å². The van der Waals surface area contributed by atoms with Gasteiger partial charge in [-0.2, -0.15) is 0 Å². The Labute approximate surface area is 179 Å². The summed E-state index contributed by atoms with van der Waals surface area (Å²) in [4.78, 5) is 12.4. The van der Waals surface area contributed by atoms with E-state index in [0.717, 1.165) is 29.4 Å². The SMILES string of the molecule is Cc1cc(CNC(=O)CSc2nnc(-c3ccco3)n2C2CCCCC2)ccc1F. The van der Waals surface area contributed by atoms with Gasteiger partial charge in [-0.15, -0.1) is 10.2 Å². The highest BCUT2D eigenvalue weighted by Gasteiger charge is 2.25. The molecule has 4 rings (SSSR count). The fraction of sp³-hybridized carbons (Fsp3) is 0.409. The van der Waals surface area contributed by atoms with Gasteiger partial charge in [0.15, 0.2) is 10.9 Å². The van der Waals surface area contributed by atoms with Gasteiger partial charge in [0.1, 0.15) is 5.82 Å². The number of aromatic nitrogens is 3. The third kappa shape index (κ3) is 4.75. The second kappa shape index (κ2) is 9.47. The first-order chi connectivity index (χ1) is 14.6. The van der Waals surface area contributed by atoms with E-state index in [2.05, 4.69) is 20.1 Å². The third-order valence-electron chi connectivity index (χ3n) is 5.39. The maximum atomic E-state index is 13.4. The number of furan rings is 1. The van der Waals surface area contributed by atoms with E-state index in [1.807, 2.05) is 12.1 Å². The monoisotopic (exact) mass is 428 g/mol. The Balaban J connectivity index is 1.42. The van der Waals surface area contributed by atoms with E-state index in [1.54, 1.807) is 25.3 Å². The van der Waals surface area contributed by atoms with Crippen molar-refractivity contribution in [1.82, 2.24) is 20.1 Å². The third-order valence-corrected chi connectivity index (χ3v) is 6.33. The molecule has 0 saturated heterocycles. The Bertz CT molecular complexity index is 997. The molecule has 3 aromatic rings. The van der Waals surface area contributed by atoms with Gasteiger partial charge in [-0.3, -0.25) is 9.36 Å². The van der Waals surface area contributed by atoms with Crippen LogP contribution in [0, 0.1) is 12.7 Å². The van der Waals surface area contributed by atoms with Gasteiger partial charge >= 0.3 is 0 Å². The van der Waals surface area contributed by atoms with Gasteiger partial charge in [0.2, 0.25) is 11.7 Å². The second-order valence-electron chi connectivity index (χ2n) is 7.59. The van der Waals surface area contributed by atoms with E-state index < -0.39 is 0 Å². The van der Waals surface area contributed by atoms with E-state index in [0.29, 0.717) is 23.9 Å². The summed E-state index contributed by atoms with van der Waals surface area (Å²) in [6, 6.07) is 8.90. The Kier molecular flexibility index (Phi) is 6.52. The number of benzene rings is 1. The van der Waals surface area contributed by atoms with Crippen LogP contribution < -0.4 is 5.32 Å². The molecule has 0 spiro atoms. The number of nitrogens with one attached hydrogen (secondary N) is 1. The quantitative estimate of drug-likeness (QED) is 0.542. The van der Waals surface area contributed by atoms with Crippen LogP contribution in [-0.2, 0) is 11.3 Å². The van der Waals surface area contributed by atoms with Crippen LogP contribution in [0.25, 0.3) is 11.6 Å². The molecule has 1 fully saturated rings. The van der Waals surface area contributed by atoms with Crippen LogP contribution in [0.1, 0.15) is 49.3 Å². The van der Waals surface area contributed by atoms with Gasteiger partial charge in [-0.05, 0) is 49.1 Å². The predicted molar refractivity (Wildman–Crippen MR) is 114 cm³/mol. The molecule has 1 aliphatic carbocycles. The van der Waals surface area contributed by atoms with Crippen molar-refractivity contribution in [2.24, 2.45) is 0 Å². The average molecular weight is 429 g/mol. The van der Waals surface area contributed by atoms with Crippen LogP contribution in [0.2, 0.25) is 0 Å². The van der Waals surface area contributed by atoms with E-state index >= 15 is 0 Å². The summed E-state index contributed by atoms with van der Waals surface area (Å²) in [5.74, 6) is 1.31. The minimum absolute atomic E-state index is 0.0975. The van der Waals surface area contributed by atoms with Gasteiger partial charge < -0.3 is 9.73 Å². The molecular weight excluding hydrogens is 403 g/mol. The van der Waals surface area contributed by atoms with Crippen LogP contribution in [0.4, 0.5) is 4.39 Å². The van der Waals surface area contributed by atoms with Crippen LogP contribution in [-0.4, -0.2) is 26.4 Å². The molecule has 1 N–H and O–H groups in total. The summed E-state index contributed by atoms with van der Waals surface area (Å²) >= 11 is 1.38. The molecule has 1 amide bonds. The van der Waals surface area contributed by atoms with Crippen molar-refractivity contribution in [2.45, 2.75) is 56.8 Å². The number of carbonyl (C=O) groups excluding carboxylic acids is 1. The molecule has 6 nitrogen and oxygen atoms in total. The van der Waals surface area contributed by atoms with E-state index in [9.17, 15) is 9.18 Å². The number of aryl methyl sites for hydroxylation is 1. The smallest absolute Gasteiger partial charge is 0.230 e. The highest BCUT2D eigenvalue weighted by atomic mass is 32.2. The zero-order valence-electron chi connectivity index (χ0n) is 16.9. The number of hydrogen-bond acceptors (Lipinski definition) is 5. The van der Waals surface area contributed by atoms with Gasteiger partial charge in [-0.25, -0.2) is 4.39 Å². The maximum absolute atomic E-state index is 13.4. The molecule has 1 saturated carbocycles. The summed E-state index contributed by atoms with van der Waals surface area (Å²) < 4.78 is 21.1. The van der Waals surface area contributed by atoms with Crippen molar-refractivity contribution in [1.29, 1.82) is 0 Å². The highest BCUT2D eigenvalue weighted by molar-refractivity contribution is 7.99. The molecule has 158 valence electrons. The molecule has 30 heavy (non-hydrogen) atoms. The Morgan fingerprint density at radius 3 is 2.83 bits per heavy atom. The molecule has 0 aliphatic heterocycles. The Hall–Kier alpha value is -2.61. The summed E-state index contributed by atoms with van der Waals surface area (Å²) in [6.45, 7) is 2.08. The zero-order valence-corrected chi connectivity index (χ0v) is 17.8. The molecule has 8 heteroatoms. The molecule has 2 aromatic heterocycles. The first-order valence-electron chi connectivity index (χ1n) is 10.2. The molecule has 1 aromatic carbocycles. The lowest BCUT2D eigenvalue weighted by Gasteiger charge is -2.25. The number of carbonyl (C=O) groups is 1. The summed E-state index contributed by atoms with van der Waals surface area (Å²) in [5.41, 5.74) is 1.44. The standard InChI is InChI=1S/C22H25FN4O2S/c1-15-12-16(9-10-18(15)23)13-24-20(28)14-30-22-26-25-21(19-8-5-11-29-19)27(22)17-6-3-2-4-7-17/h5,8-12,17H,2-4,6-7,13-14H2,1H3,(H,24,28). The molecule has 0 bridgehead atoms. The topological polar surface area (TPSA) is 73.0 Å². The van der Waals surface area contributed by atoms with Gasteiger partial charge in [0, 0.05) is 12.6 Å². The maximum Gasteiger partial charge on any atom is 0.230 e. The number of halogens is 1. The van der Waals surface area contributed by atoms with Crippen molar-refractivity contribution < 1.29 is 13.6 Å². The minimum Gasteiger partial charge on any atom is -0.461 e. The highest BCUT2D eigenvalue weighted by Crippen LogP contribution is 2.35. The van der Waals surface area contributed by atoms with Gasteiger partial charge in [0.25, 0.3) is 0 Å². The lowest BCUT2D eigenvalue weighted by Crippen LogP contribution is -2.25. The van der Waals surface area contributed by atoms with Crippen LogP contribution in [0.3, 0.4) is 0 Å². The number of hydrogen-bond donors (Lipinski definition) is 1. The molecule has 1 aliphatic rings. The number of amides is 1. The molecule has 0 radical (unpaired) electrons. The molecule has 0 atom stereocenters. The van der Waals surface area contributed by atoms with Crippen LogP contribution >= 0.6 is 11.8 Å². The summed E-state index contributed by atoms with van der Waals surface area (Å²) in [6.07, 6.45) is 7.41. The largest absolute Gasteiger partial charge is 0.461 e. The first-order valence-corrected chi connectivity index (χ1v) is 11.2. The average Bonchev–Trinajstić information content (AvgIpc) is 3.43. The van der Waals surface area contributed by atoms with E-state index in [4.69, 9.17) is 4.42 Å². The number of thioether (sulfide) groups is 1. The second-order valence-corrected chi connectivity index (χ2v) is 8.54. The van der Waals surface area contributed by atoms with Crippen molar-refractivity contribution >= 4 is 17.7 Å². The normalized spacial score (nSPS) is 14.7. The first kappa shape index (κ1) is 20.7. The van der Waals surface area contributed by atoms with E-state index in [1.165, 1.54) is 37.1 Å². The minimum atomic E-state index is -0.241. The summed E-state index contributed by atoms with van der Waals surface area (Å²) in [7, 11) is 0. The lowest BCUT2D eigenvalue weighted by molar-refractivity contribution is -0.118. The van der Waals surface area contributed by atoms with Crippen molar-refractivity contribution in [3.8, 4) is 11.6 Å². The van der Waals surface area contributed by atoms with Gasteiger partial charge in [-0.1, -0.05) is 43.2 Å². The number of nitrogens with zero attached hydrogens (tertiary/aromatic N) is 3. The Morgan fingerprint density at radius 1 is 1.27 bits per heavy atom. The molecule has 0 unspecified atom stereocenters. The van der Waals surface area contributed by atoms with Gasteiger partial charge in [0.05, 0.1) is 12.0 Å². The fourth-order valence-corrected chi connectivity index (χ4v) is 4.65. The molecule has 2 heterocycles.